The molecule has 8 nitrogen and oxygen atoms in total. The first-order chi connectivity index (χ1) is 17.5. The number of rotatable bonds is 8. The van der Waals surface area contributed by atoms with Crippen molar-refractivity contribution in [3.63, 3.8) is 0 Å². The van der Waals surface area contributed by atoms with Crippen molar-refractivity contribution in [1.82, 2.24) is 19.8 Å². The number of carbonyl (C=O) groups excluding carboxylic acids is 3. The monoisotopic (exact) mass is 488 g/mol. The van der Waals surface area contributed by atoms with E-state index in [-0.39, 0.29) is 36.6 Å². The minimum absolute atomic E-state index is 0.00227. The molecular formula is C28H32N4O4. The Balaban J connectivity index is 1.45. The van der Waals surface area contributed by atoms with Crippen LogP contribution in [0.2, 0.25) is 0 Å². The Morgan fingerprint density at radius 3 is 2.67 bits per heavy atom. The van der Waals surface area contributed by atoms with Gasteiger partial charge in [0.15, 0.2) is 0 Å². The fourth-order valence-corrected chi connectivity index (χ4v) is 5.62. The van der Waals surface area contributed by atoms with Crippen LogP contribution in [0, 0.1) is 0 Å². The molecule has 3 amide bonds. The van der Waals surface area contributed by atoms with Crippen molar-refractivity contribution in [3.05, 3.63) is 66.0 Å². The zero-order valence-corrected chi connectivity index (χ0v) is 20.6. The third-order valence-electron chi connectivity index (χ3n) is 7.46. The molecular weight excluding hydrogens is 456 g/mol. The van der Waals surface area contributed by atoms with Gasteiger partial charge in [0.05, 0.1) is 22.5 Å². The Bertz CT molecular complexity index is 1220. The van der Waals surface area contributed by atoms with E-state index in [1.807, 2.05) is 59.5 Å². The molecule has 2 saturated heterocycles. The average molecular weight is 489 g/mol. The minimum atomic E-state index is -1.20. The molecule has 3 heterocycles. The van der Waals surface area contributed by atoms with Gasteiger partial charge in [0, 0.05) is 39.6 Å². The topological polar surface area (TPSA) is 95.6 Å². The molecule has 0 radical (unpaired) electrons. The third-order valence-corrected chi connectivity index (χ3v) is 7.46. The number of imidazole rings is 1. The summed E-state index contributed by atoms with van der Waals surface area (Å²) in [7, 11) is 1.59. The lowest BCUT2D eigenvalue weighted by molar-refractivity contribution is -0.144. The van der Waals surface area contributed by atoms with E-state index in [2.05, 4.69) is 4.98 Å². The van der Waals surface area contributed by atoms with E-state index in [1.54, 1.807) is 7.11 Å². The number of likely N-dealkylation sites (tertiary alicyclic amines) is 2. The fourth-order valence-electron chi connectivity index (χ4n) is 5.62. The van der Waals surface area contributed by atoms with Crippen LogP contribution in [0.5, 0.6) is 0 Å². The second-order valence-electron chi connectivity index (χ2n) is 9.74. The van der Waals surface area contributed by atoms with Crippen molar-refractivity contribution in [2.45, 2.75) is 50.0 Å². The number of para-hydroxylation sites is 2. The molecule has 8 heteroatoms. The predicted molar refractivity (Wildman–Crippen MR) is 135 cm³/mol. The molecule has 2 aromatic carbocycles. The van der Waals surface area contributed by atoms with Crippen molar-refractivity contribution >= 4 is 28.8 Å². The van der Waals surface area contributed by atoms with Gasteiger partial charge in [-0.25, -0.2) is 4.98 Å². The van der Waals surface area contributed by atoms with Gasteiger partial charge in [-0.2, -0.15) is 0 Å². The fraction of sp³-hybridized carbons (Fsp3) is 0.429. The second kappa shape index (κ2) is 10.2. The molecule has 2 fully saturated rings. The maximum atomic E-state index is 13.9. The molecule has 0 bridgehead atoms. The molecule has 0 unspecified atom stereocenters. The highest BCUT2D eigenvalue weighted by Gasteiger charge is 2.54. The number of imide groups is 1. The highest BCUT2D eigenvalue weighted by molar-refractivity contribution is 6.10. The quantitative estimate of drug-likeness (QED) is 0.385. The summed E-state index contributed by atoms with van der Waals surface area (Å²) >= 11 is 0. The van der Waals surface area contributed by atoms with Gasteiger partial charge in [-0.05, 0) is 43.4 Å². The van der Waals surface area contributed by atoms with Crippen LogP contribution < -0.4 is 0 Å². The number of nitrogens with zero attached hydrogens (tertiary/aromatic N) is 3. The van der Waals surface area contributed by atoms with E-state index in [4.69, 9.17) is 9.72 Å². The lowest BCUT2D eigenvalue weighted by Gasteiger charge is -2.37. The summed E-state index contributed by atoms with van der Waals surface area (Å²) in [6.07, 6.45) is 3.22. The van der Waals surface area contributed by atoms with Crippen molar-refractivity contribution in [2.75, 3.05) is 26.8 Å². The van der Waals surface area contributed by atoms with Crippen LogP contribution in [0.4, 0.5) is 0 Å². The number of aromatic nitrogens is 2. The average Bonchev–Trinajstić information content (AvgIpc) is 3.44. The minimum Gasteiger partial charge on any atom is -0.385 e. The van der Waals surface area contributed by atoms with Crippen LogP contribution in [-0.2, 0) is 24.5 Å². The summed E-state index contributed by atoms with van der Waals surface area (Å²) in [5, 5.41) is 0. The normalized spacial score (nSPS) is 22.5. The highest BCUT2D eigenvalue weighted by Crippen LogP contribution is 2.42. The zero-order chi connectivity index (χ0) is 25.1. The number of nitrogens with one attached hydrogen (secondary N) is 1. The Morgan fingerprint density at radius 1 is 1.11 bits per heavy atom. The predicted octanol–water partition coefficient (Wildman–Crippen LogP) is 3.74. The smallest absolute Gasteiger partial charge is 0.240 e. The number of aromatic amines is 1. The molecule has 2 aliphatic rings. The van der Waals surface area contributed by atoms with Gasteiger partial charge in [0.2, 0.25) is 17.7 Å². The van der Waals surface area contributed by atoms with Crippen molar-refractivity contribution in [3.8, 4) is 0 Å². The molecule has 1 N–H and O–H groups in total. The molecule has 1 aromatic heterocycles. The summed E-state index contributed by atoms with van der Waals surface area (Å²) in [5.74, 6) is 0.123. The van der Waals surface area contributed by atoms with Gasteiger partial charge in [-0.3, -0.25) is 19.3 Å². The lowest BCUT2D eigenvalue weighted by Crippen LogP contribution is -2.46. The van der Waals surface area contributed by atoms with Gasteiger partial charge < -0.3 is 14.6 Å². The molecule has 188 valence electrons. The number of ether oxygens (including phenoxy) is 1. The number of amides is 3. The molecule has 36 heavy (non-hydrogen) atoms. The van der Waals surface area contributed by atoms with Crippen LogP contribution in [0.3, 0.4) is 0 Å². The van der Waals surface area contributed by atoms with E-state index >= 15 is 0 Å². The largest absolute Gasteiger partial charge is 0.385 e. The first kappa shape index (κ1) is 24.2. The SMILES string of the molecule is COCCCN1C(=O)C[C@](CC(=O)N2CCCC[C@H]2c2nc3ccccc3[nH]2)(c2ccccc2)C1=O. The molecule has 3 aromatic rings. The molecule has 0 aliphatic carbocycles. The zero-order valence-electron chi connectivity index (χ0n) is 20.6. The van der Waals surface area contributed by atoms with Crippen LogP contribution in [0.1, 0.15) is 56.0 Å². The van der Waals surface area contributed by atoms with Crippen LogP contribution in [0.25, 0.3) is 11.0 Å². The maximum absolute atomic E-state index is 13.9. The van der Waals surface area contributed by atoms with Gasteiger partial charge in [-0.15, -0.1) is 0 Å². The number of piperidine rings is 1. The van der Waals surface area contributed by atoms with Gasteiger partial charge >= 0.3 is 0 Å². The van der Waals surface area contributed by atoms with E-state index in [0.717, 1.165) is 36.1 Å². The molecule has 0 saturated carbocycles. The van der Waals surface area contributed by atoms with Gasteiger partial charge in [0.1, 0.15) is 5.82 Å². The molecule has 5 rings (SSSR count). The van der Waals surface area contributed by atoms with Crippen LogP contribution >= 0.6 is 0 Å². The lowest BCUT2D eigenvalue weighted by atomic mass is 9.75. The van der Waals surface area contributed by atoms with E-state index in [9.17, 15) is 14.4 Å². The Morgan fingerprint density at radius 2 is 1.89 bits per heavy atom. The van der Waals surface area contributed by atoms with Crippen LogP contribution in [0.15, 0.2) is 54.6 Å². The Kier molecular flexibility index (Phi) is 6.87. The number of fused-ring (bicyclic) bond motifs is 1. The first-order valence-corrected chi connectivity index (χ1v) is 12.7. The number of H-pyrrole nitrogens is 1. The van der Waals surface area contributed by atoms with E-state index in [0.29, 0.717) is 31.7 Å². The van der Waals surface area contributed by atoms with E-state index in [1.165, 1.54) is 4.90 Å². The van der Waals surface area contributed by atoms with Gasteiger partial charge in [-0.1, -0.05) is 42.5 Å². The number of methoxy groups -OCH3 is 1. The second-order valence-corrected chi connectivity index (χ2v) is 9.74. The molecule has 0 spiro atoms. The number of hydrogen-bond acceptors (Lipinski definition) is 5. The van der Waals surface area contributed by atoms with Crippen molar-refractivity contribution < 1.29 is 19.1 Å². The van der Waals surface area contributed by atoms with E-state index < -0.39 is 5.41 Å². The van der Waals surface area contributed by atoms with Crippen molar-refractivity contribution in [2.24, 2.45) is 0 Å². The molecule has 2 atom stereocenters. The summed E-state index contributed by atoms with van der Waals surface area (Å²) in [6, 6.07) is 16.9. The van der Waals surface area contributed by atoms with Gasteiger partial charge in [0.25, 0.3) is 0 Å². The number of carbonyl (C=O) groups is 3. The Hall–Kier alpha value is -3.52. The highest BCUT2D eigenvalue weighted by atomic mass is 16.5. The summed E-state index contributed by atoms with van der Waals surface area (Å²) < 4.78 is 5.11. The maximum Gasteiger partial charge on any atom is 0.240 e. The van der Waals surface area contributed by atoms with Crippen LogP contribution in [-0.4, -0.2) is 64.3 Å². The Labute approximate surface area is 210 Å². The summed E-state index contributed by atoms with van der Waals surface area (Å²) in [5.41, 5.74) is 1.32. The summed E-state index contributed by atoms with van der Waals surface area (Å²) in [4.78, 5) is 52.1. The molecule has 2 aliphatic heterocycles. The summed E-state index contributed by atoms with van der Waals surface area (Å²) in [6.45, 7) is 1.35. The van der Waals surface area contributed by atoms with Crippen molar-refractivity contribution in [1.29, 1.82) is 0 Å². The number of hydrogen-bond donors (Lipinski definition) is 1. The number of benzene rings is 2. The first-order valence-electron chi connectivity index (χ1n) is 12.7. The standard InChI is InChI=1S/C28H32N4O4/c1-36-17-9-16-32-25(34)19-28(27(32)35,20-10-3-2-4-11-20)18-24(33)31-15-8-7-14-23(31)26-29-21-12-5-6-13-22(21)30-26/h2-6,10-13,23H,7-9,14-19H2,1H3,(H,29,30)/t23-,28+/m0/s1. The third kappa shape index (κ3) is 4.41.